The number of para-hydroxylation sites is 1. The molecule has 1 aliphatic heterocycles. The van der Waals surface area contributed by atoms with Crippen molar-refractivity contribution in [2.24, 2.45) is 0 Å². The second-order valence-corrected chi connectivity index (χ2v) is 4.09. The lowest BCUT2D eigenvalue weighted by Crippen LogP contribution is -2.01. The van der Waals surface area contributed by atoms with Gasteiger partial charge in [0, 0.05) is 6.61 Å². The van der Waals surface area contributed by atoms with Gasteiger partial charge in [0.25, 0.3) is 5.89 Å². The second-order valence-electron chi connectivity index (χ2n) is 4.09. The van der Waals surface area contributed by atoms with Crippen molar-refractivity contribution >= 4 is 0 Å². The Labute approximate surface area is 110 Å². The molecule has 1 unspecified atom stereocenters. The van der Waals surface area contributed by atoms with E-state index in [4.69, 9.17) is 18.7 Å². The molecule has 0 fully saturated rings. The number of hydrogen-bond acceptors (Lipinski definition) is 6. The average molecular weight is 262 g/mol. The lowest BCUT2D eigenvalue weighted by molar-refractivity contribution is 0.0683. The summed E-state index contributed by atoms with van der Waals surface area (Å²) in [5, 5.41) is 3.93. The molecule has 0 spiro atoms. The van der Waals surface area contributed by atoms with Crippen molar-refractivity contribution in [1.29, 1.82) is 0 Å². The predicted molar refractivity (Wildman–Crippen MR) is 65.9 cm³/mol. The average Bonchev–Trinajstić information content (AvgIpc) is 3.07. The fourth-order valence-electron chi connectivity index (χ4n) is 1.93. The molecule has 6 nitrogen and oxygen atoms in total. The molecule has 1 aromatic carbocycles. The Morgan fingerprint density at radius 3 is 3.11 bits per heavy atom. The number of hydrogen-bond donors (Lipinski definition) is 0. The molecule has 0 amide bonds. The van der Waals surface area contributed by atoms with Crippen LogP contribution < -0.4 is 9.47 Å². The topological polar surface area (TPSA) is 66.6 Å². The molecule has 3 rings (SSSR count). The van der Waals surface area contributed by atoms with E-state index in [9.17, 15) is 0 Å². The minimum atomic E-state index is -0.198. The molecule has 2 aromatic rings. The lowest BCUT2D eigenvalue weighted by Gasteiger charge is -2.04. The maximum absolute atomic E-state index is 5.43. The van der Waals surface area contributed by atoms with Crippen LogP contribution in [0.2, 0.25) is 0 Å². The monoisotopic (exact) mass is 262 g/mol. The molecule has 0 bridgehead atoms. The van der Waals surface area contributed by atoms with Gasteiger partial charge in [-0.25, -0.2) is 0 Å². The summed E-state index contributed by atoms with van der Waals surface area (Å²) in [5.41, 5.74) is 0.734. The van der Waals surface area contributed by atoms with E-state index in [1.54, 1.807) is 0 Å². The Morgan fingerprint density at radius 1 is 1.37 bits per heavy atom. The Kier molecular flexibility index (Phi) is 3.08. The largest absolute Gasteiger partial charge is 0.454 e. The van der Waals surface area contributed by atoms with Gasteiger partial charge in [0.1, 0.15) is 6.10 Å². The first-order chi connectivity index (χ1) is 9.29. The van der Waals surface area contributed by atoms with E-state index >= 15 is 0 Å². The number of fused-ring (bicyclic) bond motifs is 1. The van der Waals surface area contributed by atoms with Gasteiger partial charge in [0.15, 0.2) is 11.5 Å². The maximum atomic E-state index is 5.43. The molecule has 1 atom stereocenters. The normalized spacial score (nSPS) is 14.6. The highest BCUT2D eigenvalue weighted by Crippen LogP contribution is 2.40. The van der Waals surface area contributed by atoms with Crippen LogP contribution in [0.4, 0.5) is 0 Å². The summed E-state index contributed by atoms with van der Waals surface area (Å²) in [5.74, 6) is 2.26. The number of ether oxygens (including phenoxy) is 3. The summed E-state index contributed by atoms with van der Waals surface area (Å²) in [6, 6.07) is 5.56. The number of nitrogens with zero attached hydrogens (tertiary/aromatic N) is 2. The molecule has 0 aliphatic carbocycles. The SMILES string of the molecule is CCOC(C)c1noc(-c2cccc3c2OCO3)n1. The Hall–Kier alpha value is -2.08. The molecule has 1 aromatic heterocycles. The smallest absolute Gasteiger partial charge is 0.261 e. The highest BCUT2D eigenvalue weighted by molar-refractivity contribution is 5.68. The van der Waals surface area contributed by atoms with Gasteiger partial charge in [0.05, 0.1) is 5.56 Å². The van der Waals surface area contributed by atoms with E-state index in [-0.39, 0.29) is 12.9 Å². The maximum Gasteiger partial charge on any atom is 0.261 e. The molecule has 0 saturated carbocycles. The van der Waals surface area contributed by atoms with Gasteiger partial charge in [-0.2, -0.15) is 4.98 Å². The van der Waals surface area contributed by atoms with Crippen LogP contribution in [-0.4, -0.2) is 23.5 Å². The third kappa shape index (κ3) is 2.15. The first-order valence-corrected chi connectivity index (χ1v) is 6.13. The van der Waals surface area contributed by atoms with Crippen molar-refractivity contribution in [2.75, 3.05) is 13.4 Å². The summed E-state index contributed by atoms with van der Waals surface area (Å²) in [6.07, 6.45) is -0.198. The molecular weight excluding hydrogens is 248 g/mol. The van der Waals surface area contributed by atoms with Crippen LogP contribution in [0, 0.1) is 0 Å². The Bertz CT molecular complexity index is 582. The van der Waals surface area contributed by atoms with E-state index in [0.717, 1.165) is 5.56 Å². The highest BCUT2D eigenvalue weighted by atomic mass is 16.7. The van der Waals surface area contributed by atoms with Gasteiger partial charge in [-0.05, 0) is 26.0 Å². The van der Waals surface area contributed by atoms with Crippen LogP contribution in [0.3, 0.4) is 0 Å². The van der Waals surface area contributed by atoms with Crippen molar-refractivity contribution in [1.82, 2.24) is 10.1 Å². The van der Waals surface area contributed by atoms with Crippen LogP contribution in [0.5, 0.6) is 11.5 Å². The first kappa shape index (κ1) is 12.0. The van der Waals surface area contributed by atoms with E-state index in [2.05, 4.69) is 10.1 Å². The summed E-state index contributed by atoms with van der Waals surface area (Å²) < 4.78 is 21.4. The van der Waals surface area contributed by atoms with Crippen LogP contribution in [0.1, 0.15) is 25.8 Å². The molecule has 2 heterocycles. The van der Waals surface area contributed by atoms with Crippen molar-refractivity contribution in [3.63, 3.8) is 0 Å². The molecule has 6 heteroatoms. The third-order valence-electron chi connectivity index (χ3n) is 2.85. The molecule has 19 heavy (non-hydrogen) atoms. The molecule has 1 aliphatic rings. The number of benzene rings is 1. The van der Waals surface area contributed by atoms with Crippen LogP contribution in [0.25, 0.3) is 11.5 Å². The van der Waals surface area contributed by atoms with Gasteiger partial charge < -0.3 is 18.7 Å². The first-order valence-electron chi connectivity index (χ1n) is 6.13. The van der Waals surface area contributed by atoms with Crippen LogP contribution >= 0.6 is 0 Å². The van der Waals surface area contributed by atoms with Crippen LogP contribution in [-0.2, 0) is 4.74 Å². The minimum Gasteiger partial charge on any atom is -0.454 e. The lowest BCUT2D eigenvalue weighted by atomic mass is 10.2. The zero-order chi connectivity index (χ0) is 13.2. The summed E-state index contributed by atoms with van der Waals surface area (Å²) >= 11 is 0. The zero-order valence-electron chi connectivity index (χ0n) is 10.8. The Morgan fingerprint density at radius 2 is 2.26 bits per heavy atom. The van der Waals surface area contributed by atoms with E-state index < -0.39 is 0 Å². The van der Waals surface area contributed by atoms with E-state index in [1.165, 1.54) is 0 Å². The van der Waals surface area contributed by atoms with Crippen LogP contribution in [0.15, 0.2) is 22.7 Å². The molecule has 0 radical (unpaired) electrons. The van der Waals surface area contributed by atoms with Crippen molar-refractivity contribution < 1.29 is 18.7 Å². The third-order valence-corrected chi connectivity index (χ3v) is 2.85. The zero-order valence-corrected chi connectivity index (χ0v) is 10.8. The summed E-state index contributed by atoms with van der Waals surface area (Å²) in [4.78, 5) is 4.34. The van der Waals surface area contributed by atoms with Gasteiger partial charge in [0.2, 0.25) is 12.6 Å². The fourth-order valence-corrected chi connectivity index (χ4v) is 1.93. The number of aromatic nitrogens is 2. The van der Waals surface area contributed by atoms with Crippen molar-refractivity contribution in [3.8, 4) is 23.0 Å². The molecule has 0 saturated heterocycles. The van der Waals surface area contributed by atoms with Gasteiger partial charge >= 0.3 is 0 Å². The predicted octanol–water partition coefficient (Wildman–Crippen LogP) is 2.56. The fraction of sp³-hybridized carbons (Fsp3) is 0.385. The number of rotatable bonds is 4. The quantitative estimate of drug-likeness (QED) is 0.843. The van der Waals surface area contributed by atoms with E-state index in [0.29, 0.717) is 29.8 Å². The van der Waals surface area contributed by atoms with E-state index in [1.807, 2.05) is 32.0 Å². The van der Waals surface area contributed by atoms with Gasteiger partial charge in [-0.15, -0.1) is 0 Å². The molecular formula is C13H14N2O4. The van der Waals surface area contributed by atoms with Gasteiger partial charge in [-0.3, -0.25) is 0 Å². The standard InChI is InChI=1S/C13H14N2O4/c1-3-16-8(2)12-14-13(19-15-12)9-5-4-6-10-11(9)18-7-17-10/h4-6,8H,3,7H2,1-2H3. The minimum absolute atomic E-state index is 0.198. The molecule has 0 N–H and O–H groups in total. The summed E-state index contributed by atoms with van der Waals surface area (Å²) in [6.45, 7) is 4.62. The van der Waals surface area contributed by atoms with Gasteiger partial charge in [-0.1, -0.05) is 11.2 Å². The highest BCUT2D eigenvalue weighted by Gasteiger charge is 2.23. The second kappa shape index (κ2) is 4.89. The van der Waals surface area contributed by atoms with Crippen molar-refractivity contribution in [3.05, 3.63) is 24.0 Å². The van der Waals surface area contributed by atoms with Crippen molar-refractivity contribution in [2.45, 2.75) is 20.0 Å². The Balaban J connectivity index is 1.93. The summed E-state index contributed by atoms with van der Waals surface area (Å²) in [7, 11) is 0. The molecule has 100 valence electrons.